The van der Waals surface area contributed by atoms with Crippen LogP contribution in [0.15, 0.2) is 40.9 Å². The van der Waals surface area contributed by atoms with Gasteiger partial charge in [0.25, 0.3) is 0 Å². The lowest BCUT2D eigenvalue weighted by molar-refractivity contribution is -0.115. The highest BCUT2D eigenvalue weighted by Crippen LogP contribution is 2.27. The van der Waals surface area contributed by atoms with Gasteiger partial charge in [0.1, 0.15) is 11.5 Å². The summed E-state index contributed by atoms with van der Waals surface area (Å²) < 4.78 is 7.14. The van der Waals surface area contributed by atoms with Crippen LogP contribution in [0.1, 0.15) is 39.2 Å². The average molecular weight is 454 g/mol. The van der Waals surface area contributed by atoms with Gasteiger partial charge in [0, 0.05) is 16.8 Å². The fourth-order valence-electron chi connectivity index (χ4n) is 4.41. The molecule has 172 valence electrons. The number of carbonyl (C=O) groups is 1. The summed E-state index contributed by atoms with van der Waals surface area (Å²) in [6, 6.07) is 12.1. The van der Waals surface area contributed by atoms with E-state index >= 15 is 0 Å². The molecule has 2 aromatic carbocycles. The van der Waals surface area contributed by atoms with Crippen molar-refractivity contribution in [3.63, 3.8) is 0 Å². The molecule has 5 rings (SSSR count). The zero-order valence-corrected chi connectivity index (χ0v) is 20.3. The van der Waals surface area contributed by atoms with E-state index in [9.17, 15) is 4.79 Å². The Labute approximate surface area is 197 Å². The molecule has 0 bridgehead atoms. The van der Waals surface area contributed by atoms with E-state index in [2.05, 4.69) is 48.5 Å². The zero-order chi connectivity index (χ0) is 24.1. The fourth-order valence-corrected chi connectivity index (χ4v) is 4.41. The number of rotatable bonds is 4. The second kappa shape index (κ2) is 8.09. The second-order valence-corrected chi connectivity index (χ2v) is 9.14. The lowest BCUT2D eigenvalue weighted by atomic mass is 10.0. The molecule has 5 aromatic rings. The van der Waals surface area contributed by atoms with Crippen LogP contribution >= 0.6 is 0 Å². The molecule has 1 amide bonds. The zero-order valence-electron chi connectivity index (χ0n) is 20.3. The van der Waals surface area contributed by atoms with E-state index in [-0.39, 0.29) is 12.3 Å². The lowest BCUT2D eigenvalue weighted by Crippen LogP contribution is -2.18. The lowest BCUT2D eigenvalue weighted by Gasteiger charge is -2.12. The highest BCUT2D eigenvalue weighted by atomic mass is 16.5. The van der Waals surface area contributed by atoms with Crippen LogP contribution in [0.2, 0.25) is 0 Å². The molecule has 3 aromatic heterocycles. The molecule has 0 spiro atoms. The summed E-state index contributed by atoms with van der Waals surface area (Å²) in [6.45, 7) is 12.2. The molecule has 0 aliphatic rings. The first-order valence-corrected chi connectivity index (χ1v) is 11.3. The van der Waals surface area contributed by atoms with Crippen LogP contribution < -0.4 is 5.32 Å². The van der Waals surface area contributed by atoms with Gasteiger partial charge in [-0.3, -0.25) is 4.79 Å². The molecule has 7 nitrogen and oxygen atoms in total. The first-order chi connectivity index (χ1) is 16.2. The normalized spacial score (nSPS) is 11.5. The summed E-state index contributed by atoms with van der Waals surface area (Å²) in [5.41, 5.74) is 8.71. The van der Waals surface area contributed by atoms with E-state index in [1.165, 1.54) is 5.56 Å². The molecule has 0 saturated heterocycles. The fraction of sp³-hybridized carbons (Fsp3) is 0.259. The van der Waals surface area contributed by atoms with Gasteiger partial charge in [-0.1, -0.05) is 16.8 Å². The van der Waals surface area contributed by atoms with Crippen LogP contribution in [0.5, 0.6) is 0 Å². The number of hydrogen-bond donors (Lipinski definition) is 1. The van der Waals surface area contributed by atoms with E-state index in [0.29, 0.717) is 22.9 Å². The van der Waals surface area contributed by atoms with Crippen molar-refractivity contribution < 1.29 is 9.32 Å². The van der Waals surface area contributed by atoms with E-state index < -0.39 is 0 Å². The van der Waals surface area contributed by atoms with Crippen molar-refractivity contribution in [2.75, 3.05) is 5.32 Å². The van der Waals surface area contributed by atoms with Gasteiger partial charge in [-0.15, -0.1) is 0 Å². The first-order valence-electron chi connectivity index (χ1n) is 11.3. The molecular weight excluding hydrogens is 426 g/mol. The van der Waals surface area contributed by atoms with Gasteiger partial charge in [0.05, 0.1) is 17.6 Å². The van der Waals surface area contributed by atoms with E-state index in [0.717, 1.165) is 44.2 Å². The predicted molar refractivity (Wildman–Crippen MR) is 134 cm³/mol. The van der Waals surface area contributed by atoms with Crippen molar-refractivity contribution in [2.45, 2.75) is 48.0 Å². The van der Waals surface area contributed by atoms with Crippen molar-refractivity contribution in [3.05, 3.63) is 75.6 Å². The number of anilines is 1. The average Bonchev–Trinajstić information content (AvgIpc) is 3.31. The summed E-state index contributed by atoms with van der Waals surface area (Å²) in [6.07, 6.45) is 0.0995. The number of pyridine rings is 1. The van der Waals surface area contributed by atoms with Gasteiger partial charge < -0.3 is 9.84 Å². The highest BCUT2D eigenvalue weighted by Gasteiger charge is 2.17. The van der Waals surface area contributed by atoms with Crippen LogP contribution in [0.25, 0.3) is 27.7 Å². The largest absolute Gasteiger partial charge is 0.356 e. The van der Waals surface area contributed by atoms with Gasteiger partial charge >= 0.3 is 0 Å². The number of fused-ring (bicyclic) bond motifs is 2. The molecule has 0 radical (unpaired) electrons. The maximum atomic E-state index is 13.0. The number of hydrogen-bond acceptors (Lipinski definition) is 5. The quantitative estimate of drug-likeness (QED) is 0.383. The number of nitrogens with one attached hydrogen (secondary N) is 1. The number of aromatic nitrogens is 4. The van der Waals surface area contributed by atoms with Gasteiger partial charge in [0.2, 0.25) is 5.91 Å². The Morgan fingerprint density at radius 2 is 1.65 bits per heavy atom. The summed E-state index contributed by atoms with van der Waals surface area (Å²) in [7, 11) is 0. The minimum absolute atomic E-state index is 0.0995. The summed E-state index contributed by atoms with van der Waals surface area (Å²) in [5.74, 6) is 1.04. The molecule has 7 heteroatoms. The third-order valence-electron chi connectivity index (χ3n) is 6.25. The minimum Gasteiger partial charge on any atom is -0.356 e. The Morgan fingerprint density at radius 1 is 0.882 bits per heavy atom. The van der Waals surface area contributed by atoms with Gasteiger partial charge in [-0.05, 0) is 88.1 Å². The highest BCUT2D eigenvalue weighted by molar-refractivity contribution is 5.94. The van der Waals surface area contributed by atoms with Crippen LogP contribution in [0.4, 0.5) is 5.82 Å². The minimum atomic E-state index is -0.195. The summed E-state index contributed by atoms with van der Waals surface area (Å²) in [4.78, 5) is 17.9. The molecule has 0 aliphatic carbocycles. The number of carbonyl (C=O) groups excluding carboxylic acids is 1. The molecular formula is C27H27N5O2. The predicted octanol–water partition coefficient (Wildman–Crippen LogP) is 5.59. The van der Waals surface area contributed by atoms with Crippen molar-refractivity contribution >= 4 is 33.6 Å². The van der Waals surface area contributed by atoms with Crippen molar-refractivity contribution in [3.8, 4) is 5.82 Å². The second-order valence-electron chi connectivity index (χ2n) is 9.14. The van der Waals surface area contributed by atoms with Crippen molar-refractivity contribution in [1.29, 1.82) is 0 Å². The number of nitrogens with zero attached hydrogens (tertiary/aromatic N) is 4. The van der Waals surface area contributed by atoms with Gasteiger partial charge in [-0.2, -0.15) is 9.78 Å². The van der Waals surface area contributed by atoms with Gasteiger partial charge in [-0.25, -0.2) is 4.98 Å². The van der Waals surface area contributed by atoms with Gasteiger partial charge in [0.15, 0.2) is 11.4 Å². The SMILES string of the molecule is Cc1cc(C)c2nc(-n3nc(C)cc3NC(=O)Cc3noc4cc(C)c(C)cc34)cc(C)c2c1. The molecule has 3 heterocycles. The van der Waals surface area contributed by atoms with E-state index in [1.54, 1.807) is 4.68 Å². The van der Waals surface area contributed by atoms with Crippen molar-refractivity contribution in [2.24, 2.45) is 0 Å². The maximum Gasteiger partial charge on any atom is 0.231 e. The third kappa shape index (κ3) is 3.83. The molecule has 0 unspecified atom stereocenters. The molecule has 0 aliphatic heterocycles. The van der Waals surface area contributed by atoms with Crippen molar-refractivity contribution in [1.82, 2.24) is 19.9 Å². The number of benzene rings is 2. The van der Waals surface area contributed by atoms with E-state index in [1.807, 2.05) is 45.0 Å². The molecule has 0 saturated carbocycles. The van der Waals surface area contributed by atoms with Crippen LogP contribution in [-0.2, 0) is 11.2 Å². The summed E-state index contributed by atoms with van der Waals surface area (Å²) in [5, 5.41) is 13.7. The first kappa shape index (κ1) is 21.8. The molecule has 34 heavy (non-hydrogen) atoms. The summed E-state index contributed by atoms with van der Waals surface area (Å²) >= 11 is 0. The Morgan fingerprint density at radius 3 is 2.44 bits per heavy atom. The molecule has 0 atom stereocenters. The third-order valence-corrected chi connectivity index (χ3v) is 6.25. The Balaban J connectivity index is 1.47. The Kier molecular flexibility index (Phi) is 5.20. The van der Waals surface area contributed by atoms with E-state index in [4.69, 9.17) is 9.51 Å². The standard InChI is InChI=1S/C27H27N5O2/c1-14-7-18(5)27-20(8-14)17(4)11-24(29-27)32-25(12-19(6)30-32)28-26(33)13-22-21-9-15(2)16(3)10-23(21)34-31-22/h7-12H,13H2,1-6H3,(H,28,33). The molecule has 1 N–H and O–H groups in total. The number of aryl methyl sites for hydroxylation is 6. The van der Waals surface area contributed by atoms with Crippen LogP contribution in [-0.4, -0.2) is 25.8 Å². The smallest absolute Gasteiger partial charge is 0.231 e. The molecule has 0 fully saturated rings. The topological polar surface area (TPSA) is 85.8 Å². The van der Waals surface area contributed by atoms with Crippen LogP contribution in [0.3, 0.4) is 0 Å². The number of amides is 1. The Bertz CT molecular complexity index is 1590. The van der Waals surface area contributed by atoms with Crippen LogP contribution in [0, 0.1) is 41.5 Å². The Hall–Kier alpha value is -4.00. The maximum absolute atomic E-state index is 13.0. The monoisotopic (exact) mass is 453 g/mol.